The summed E-state index contributed by atoms with van der Waals surface area (Å²) in [7, 11) is 1.75. The first kappa shape index (κ1) is 16.3. The summed E-state index contributed by atoms with van der Waals surface area (Å²) in [5, 5.41) is 18.7. The van der Waals surface area contributed by atoms with Gasteiger partial charge >= 0.3 is 0 Å². The quantitative estimate of drug-likeness (QED) is 0.715. The molecule has 5 heteroatoms. The summed E-state index contributed by atoms with van der Waals surface area (Å²) in [4.78, 5) is 14.0. The Morgan fingerprint density at radius 3 is 2.45 bits per heavy atom. The van der Waals surface area contributed by atoms with Crippen molar-refractivity contribution in [2.75, 3.05) is 7.05 Å². The van der Waals surface area contributed by atoms with Gasteiger partial charge in [0.2, 0.25) is 5.91 Å². The van der Waals surface area contributed by atoms with Gasteiger partial charge in [-0.3, -0.25) is 4.79 Å². The number of nitrogens with zero attached hydrogens (tertiary/aromatic N) is 1. The normalized spacial score (nSPS) is 13.1. The molecule has 0 aromatic heterocycles. The van der Waals surface area contributed by atoms with Crippen LogP contribution in [0.4, 0.5) is 0 Å². The highest BCUT2D eigenvalue weighted by atomic mass is 16.3. The van der Waals surface area contributed by atoms with Crippen molar-refractivity contribution in [3.05, 3.63) is 23.8 Å². The Balaban J connectivity index is 2.77. The van der Waals surface area contributed by atoms with Crippen LogP contribution in [0.15, 0.2) is 18.2 Å². The number of likely N-dealkylation sites (N-methyl/N-ethyl adjacent to an activating group) is 1. The SMILES string of the molecule is CCC(C)(C)N(C)C(=O)[C@@H](N)Cc1ccc(O)c(O)c1. The second kappa shape index (κ2) is 6.13. The van der Waals surface area contributed by atoms with Crippen molar-refractivity contribution < 1.29 is 15.0 Å². The van der Waals surface area contributed by atoms with Crippen molar-refractivity contribution in [3.63, 3.8) is 0 Å². The maximum Gasteiger partial charge on any atom is 0.240 e. The molecular weight excluding hydrogens is 256 g/mol. The zero-order valence-corrected chi connectivity index (χ0v) is 12.6. The molecule has 0 unspecified atom stereocenters. The number of phenolic OH excluding ortho intramolecular Hbond substituents is 2. The van der Waals surface area contributed by atoms with Gasteiger partial charge in [-0.2, -0.15) is 0 Å². The van der Waals surface area contributed by atoms with E-state index >= 15 is 0 Å². The first-order valence-corrected chi connectivity index (χ1v) is 6.73. The molecule has 0 aliphatic heterocycles. The molecule has 0 heterocycles. The maximum absolute atomic E-state index is 12.3. The van der Waals surface area contributed by atoms with Crippen molar-refractivity contribution in [1.29, 1.82) is 0 Å². The van der Waals surface area contributed by atoms with Crippen molar-refractivity contribution in [3.8, 4) is 11.5 Å². The third kappa shape index (κ3) is 3.63. The van der Waals surface area contributed by atoms with Crippen molar-refractivity contribution in [2.24, 2.45) is 5.73 Å². The minimum Gasteiger partial charge on any atom is -0.504 e. The van der Waals surface area contributed by atoms with Gasteiger partial charge in [0.1, 0.15) is 0 Å². The number of benzene rings is 1. The van der Waals surface area contributed by atoms with Gasteiger partial charge in [0.25, 0.3) is 0 Å². The number of hydrogen-bond acceptors (Lipinski definition) is 4. The number of carbonyl (C=O) groups is 1. The third-order valence-electron chi connectivity index (χ3n) is 3.92. The Kier molecular flexibility index (Phi) is 5.00. The van der Waals surface area contributed by atoms with E-state index in [0.717, 1.165) is 6.42 Å². The Labute approximate surface area is 120 Å². The number of aromatic hydroxyl groups is 2. The lowest BCUT2D eigenvalue weighted by molar-refractivity contribution is -0.136. The van der Waals surface area contributed by atoms with Crippen LogP contribution in [0, 0.1) is 0 Å². The molecule has 1 aromatic carbocycles. The first-order valence-electron chi connectivity index (χ1n) is 6.73. The van der Waals surface area contributed by atoms with Crippen LogP contribution in [0.3, 0.4) is 0 Å². The van der Waals surface area contributed by atoms with Crippen LogP contribution in [0.25, 0.3) is 0 Å². The molecule has 1 amide bonds. The van der Waals surface area contributed by atoms with Gasteiger partial charge in [0, 0.05) is 12.6 Å². The summed E-state index contributed by atoms with van der Waals surface area (Å²) in [6, 6.07) is 3.79. The third-order valence-corrected chi connectivity index (χ3v) is 3.92. The summed E-state index contributed by atoms with van der Waals surface area (Å²) < 4.78 is 0. The van der Waals surface area contributed by atoms with Crippen LogP contribution in [-0.4, -0.2) is 39.6 Å². The van der Waals surface area contributed by atoms with E-state index in [4.69, 9.17) is 5.73 Å². The molecule has 5 nitrogen and oxygen atoms in total. The maximum atomic E-state index is 12.3. The van der Waals surface area contributed by atoms with Crippen LogP contribution in [-0.2, 0) is 11.2 Å². The zero-order valence-electron chi connectivity index (χ0n) is 12.6. The van der Waals surface area contributed by atoms with Gasteiger partial charge in [0.05, 0.1) is 6.04 Å². The molecule has 0 saturated heterocycles. The zero-order chi connectivity index (χ0) is 15.5. The summed E-state index contributed by atoms with van der Waals surface area (Å²) >= 11 is 0. The lowest BCUT2D eigenvalue weighted by Crippen LogP contribution is -2.51. The molecule has 0 radical (unpaired) electrons. The number of nitrogens with two attached hydrogens (primary N) is 1. The Hall–Kier alpha value is -1.75. The lowest BCUT2D eigenvalue weighted by atomic mass is 9.97. The molecule has 0 saturated carbocycles. The van der Waals surface area contributed by atoms with Crippen molar-refractivity contribution in [1.82, 2.24) is 4.90 Å². The smallest absolute Gasteiger partial charge is 0.240 e. The fourth-order valence-electron chi connectivity index (χ4n) is 1.82. The van der Waals surface area contributed by atoms with E-state index in [1.54, 1.807) is 18.0 Å². The van der Waals surface area contributed by atoms with E-state index in [1.165, 1.54) is 12.1 Å². The molecule has 112 valence electrons. The molecular formula is C15H24N2O3. The number of phenols is 2. The Morgan fingerprint density at radius 2 is 1.95 bits per heavy atom. The minimum atomic E-state index is -0.672. The van der Waals surface area contributed by atoms with Crippen LogP contribution >= 0.6 is 0 Å². The van der Waals surface area contributed by atoms with Gasteiger partial charge in [-0.05, 0) is 44.4 Å². The summed E-state index contributed by atoms with van der Waals surface area (Å²) in [5.74, 6) is -0.522. The molecule has 1 aromatic rings. The van der Waals surface area contributed by atoms with Crippen LogP contribution in [0.2, 0.25) is 0 Å². The number of carbonyl (C=O) groups excluding carboxylic acids is 1. The first-order chi connectivity index (χ1) is 9.19. The largest absolute Gasteiger partial charge is 0.504 e. The molecule has 1 atom stereocenters. The van der Waals surface area contributed by atoms with E-state index < -0.39 is 6.04 Å². The monoisotopic (exact) mass is 280 g/mol. The van der Waals surface area contributed by atoms with Gasteiger partial charge in [0.15, 0.2) is 11.5 Å². The number of rotatable bonds is 5. The second-order valence-electron chi connectivity index (χ2n) is 5.70. The standard InChI is InChI=1S/C15H24N2O3/c1-5-15(2,3)17(4)14(20)11(16)8-10-6-7-12(18)13(19)9-10/h6-7,9,11,18-19H,5,8,16H2,1-4H3/t11-/m0/s1. The van der Waals surface area contributed by atoms with Gasteiger partial charge in [-0.15, -0.1) is 0 Å². The highest BCUT2D eigenvalue weighted by molar-refractivity contribution is 5.82. The number of amides is 1. The highest BCUT2D eigenvalue weighted by Gasteiger charge is 2.29. The molecule has 0 aliphatic rings. The lowest BCUT2D eigenvalue weighted by Gasteiger charge is -2.36. The molecule has 1 rings (SSSR count). The van der Waals surface area contributed by atoms with Gasteiger partial charge < -0.3 is 20.8 Å². The Bertz CT molecular complexity index is 486. The van der Waals surface area contributed by atoms with Crippen LogP contribution in [0.5, 0.6) is 11.5 Å². The highest BCUT2D eigenvalue weighted by Crippen LogP contribution is 2.25. The number of hydrogen-bond donors (Lipinski definition) is 3. The predicted molar refractivity (Wildman–Crippen MR) is 78.6 cm³/mol. The Morgan fingerprint density at radius 1 is 1.35 bits per heavy atom. The summed E-state index contributed by atoms with van der Waals surface area (Å²) in [5.41, 5.74) is 6.42. The molecule has 0 aliphatic carbocycles. The van der Waals surface area contributed by atoms with E-state index in [-0.39, 0.29) is 22.9 Å². The van der Waals surface area contributed by atoms with E-state index in [1.807, 2.05) is 20.8 Å². The van der Waals surface area contributed by atoms with E-state index in [9.17, 15) is 15.0 Å². The minimum absolute atomic E-state index is 0.135. The van der Waals surface area contributed by atoms with Crippen LogP contribution in [0.1, 0.15) is 32.8 Å². The fourth-order valence-corrected chi connectivity index (χ4v) is 1.82. The van der Waals surface area contributed by atoms with Gasteiger partial charge in [-0.25, -0.2) is 0 Å². The predicted octanol–water partition coefficient (Wildman–Crippen LogP) is 1.61. The molecule has 0 spiro atoms. The molecule has 20 heavy (non-hydrogen) atoms. The molecule has 0 fully saturated rings. The summed E-state index contributed by atoms with van der Waals surface area (Å²) in [6.07, 6.45) is 1.15. The van der Waals surface area contributed by atoms with Crippen molar-refractivity contribution >= 4 is 5.91 Å². The topological polar surface area (TPSA) is 86.8 Å². The average molecular weight is 280 g/mol. The average Bonchev–Trinajstić information content (AvgIpc) is 2.41. The molecule has 0 bridgehead atoms. The van der Waals surface area contributed by atoms with Crippen LogP contribution < -0.4 is 5.73 Å². The molecule has 4 N–H and O–H groups in total. The fraction of sp³-hybridized carbons (Fsp3) is 0.533. The van der Waals surface area contributed by atoms with E-state index in [2.05, 4.69) is 0 Å². The van der Waals surface area contributed by atoms with Gasteiger partial charge in [-0.1, -0.05) is 13.0 Å². The van der Waals surface area contributed by atoms with Crippen molar-refractivity contribution in [2.45, 2.75) is 45.2 Å². The second-order valence-corrected chi connectivity index (χ2v) is 5.70. The van der Waals surface area contributed by atoms with E-state index in [0.29, 0.717) is 12.0 Å². The summed E-state index contributed by atoms with van der Waals surface area (Å²) in [6.45, 7) is 6.00.